The summed E-state index contributed by atoms with van der Waals surface area (Å²) in [6.07, 6.45) is 4.51. The van der Waals surface area contributed by atoms with E-state index in [-0.39, 0.29) is 23.5 Å². The molecule has 2 aliphatic rings. The lowest BCUT2D eigenvalue weighted by Gasteiger charge is -2.30. The minimum atomic E-state index is -0.422. The summed E-state index contributed by atoms with van der Waals surface area (Å²) in [6, 6.07) is 15.3. The van der Waals surface area contributed by atoms with Gasteiger partial charge in [-0.05, 0) is 78.4 Å². The van der Waals surface area contributed by atoms with E-state index in [1.165, 1.54) is 50.6 Å². The molecule has 0 N–H and O–H groups in total. The summed E-state index contributed by atoms with van der Waals surface area (Å²) in [6.45, 7) is 0. The second-order valence-corrected chi connectivity index (χ2v) is 9.27. The van der Waals surface area contributed by atoms with Crippen LogP contribution in [0.5, 0.6) is 17.2 Å². The second-order valence-electron chi connectivity index (χ2n) is 9.27. The van der Waals surface area contributed by atoms with Gasteiger partial charge in [-0.25, -0.2) is 13.8 Å². The van der Waals surface area contributed by atoms with Crippen LogP contribution in [-0.2, 0) is 0 Å². The number of nitrogens with zero attached hydrogens (tertiary/aromatic N) is 2. The molecular weight excluding hydrogens is 490 g/mol. The van der Waals surface area contributed by atoms with E-state index in [0.29, 0.717) is 22.8 Å². The third-order valence-corrected chi connectivity index (χ3v) is 7.04. The van der Waals surface area contributed by atoms with Gasteiger partial charge < -0.3 is 14.2 Å². The van der Waals surface area contributed by atoms with Crippen LogP contribution in [-0.4, -0.2) is 38.0 Å². The van der Waals surface area contributed by atoms with Crippen LogP contribution in [0.15, 0.2) is 71.3 Å². The van der Waals surface area contributed by atoms with Crippen molar-refractivity contribution >= 4 is 17.7 Å². The molecule has 2 unspecified atom stereocenters. The van der Waals surface area contributed by atoms with E-state index in [1.807, 2.05) is 6.08 Å². The van der Waals surface area contributed by atoms with Crippen LogP contribution in [0.2, 0.25) is 0 Å². The van der Waals surface area contributed by atoms with Gasteiger partial charge in [-0.1, -0.05) is 24.3 Å². The maximum absolute atomic E-state index is 14.0. The molecule has 6 nitrogen and oxygen atoms in total. The van der Waals surface area contributed by atoms with Gasteiger partial charge in [0, 0.05) is 11.5 Å². The third-order valence-electron chi connectivity index (χ3n) is 7.04. The Morgan fingerprint density at radius 2 is 1.53 bits per heavy atom. The maximum atomic E-state index is 14.0. The molecule has 0 radical (unpaired) electrons. The molecule has 38 heavy (non-hydrogen) atoms. The Labute approximate surface area is 220 Å². The molecule has 1 aliphatic carbocycles. The lowest BCUT2D eigenvalue weighted by molar-refractivity contribution is 0.0680. The van der Waals surface area contributed by atoms with Crippen LogP contribution < -0.4 is 14.2 Å². The zero-order valence-electron chi connectivity index (χ0n) is 21.4. The predicted octanol–water partition coefficient (Wildman–Crippen LogP) is 6.43. The topological polar surface area (TPSA) is 60.4 Å². The lowest BCUT2D eigenvalue weighted by atomic mass is 9.77. The highest BCUT2D eigenvalue weighted by Crippen LogP contribution is 2.46. The Morgan fingerprint density at radius 3 is 2.11 bits per heavy atom. The van der Waals surface area contributed by atoms with Crippen molar-refractivity contribution in [3.63, 3.8) is 0 Å². The van der Waals surface area contributed by atoms with Gasteiger partial charge in [0.05, 0.1) is 33.1 Å². The second kappa shape index (κ2) is 10.7. The normalized spacial score (nSPS) is 19.7. The van der Waals surface area contributed by atoms with E-state index in [2.05, 4.69) is 0 Å². The molecule has 1 saturated carbocycles. The van der Waals surface area contributed by atoms with Crippen LogP contribution >= 0.6 is 0 Å². The number of carbonyl (C=O) groups is 1. The number of halogens is 2. The van der Waals surface area contributed by atoms with Crippen molar-refractivity contribution in [2.24, 2.45) is 11.0 Å². The molecule has 1 amide bonds. The number of rotatable bonds is 6. The largest absolute Gasteiger partial charge is 0.493 e. The molecule has 5 rings (SSSR count). The number of methoxy groups -OCH3 is 3. The molecule has 8 heteroatoms. The first-order chi connectivity index (χ1) is 18.4. The Balaban J connectivity index is 1.60. The van der Waals surface area contributed by atoms with Crippen LogP contribution in [0.4, 0.5) is 8.78 Å². The summed E-state index contributed by atoms with van der Waals surface area (Å²) < 4.78 is 43.6. The fourth-order valence-corrected chi connectivity index (χ4v) is 5.26. The average molecular weight is 519 g/mol. The quantitative estimate of drug-likeness (QED) is 0.378. The highest BCUT2D eigenvalue weighted by molar-refractivity contribution is 6.09. The zero-order chi connectivity index (χ0) is 26.8. The number of hydrogen-bond acceptors (Lipinski definition) is 5. The van der Waals surface area contributed by atoms with Crippen LogP contribution in [0, 0.1) is 17.6 Å². The van der Waals surface area contributed by atoms with Crippen molar-refractivity contribution in [1.82, 2.24) is 5.01 Å². The van der Waals surface area contributed by atoms with Gasteiger partial charge in [-0.15, -0.1) is 0 Å². The highest BCUT2D eigenvalue weighted by atomic mass is 19.1. The summed E-state index contributed by atoms with van der Waals surface area (Å²) in [5, 5.41) is 6.35. The number of ether oxygens (including phenoxy) is 3. The van der Waals surface area contributed by atoms with Gasteiger partial charge >= 0.3 is 0 Å². The summed E-state index contributed by atoms with van der Waals surface area (Å²) >= 11 is 0. The Bertz CT molecular complexity index is 1380. The molecule has 1 fully saturated rings. The zero-order valence-corrected chi connectivity index (χ0v) is 21.4. The number of benzene rings is 3. The number of amides is 1. The van der Waals surface area contributed by atoms with Crippen molar-refractivity contribution < 1.29 is 27.8 Å². The van der Waals surface area contributed by atoms with Gasteiger partial charge in [0.15, 0.2) is 11.5 Å². The summed E-state index contributed by atoms with van der Waals surface area (Å²) in [5.41, 5.74) is 3.78. The van der Waals surface area contributed by atoms with Crippen molar-refractivity contribution in [2.75, 3.05) is 21.3 Å². The van der Waals surface area contributed by atoms with Crippen molar-refractivity contribution in [3.8, 4) is 17.2 Å². The molecule has 3 aromatic rings. The number of hydrazone groups is 1. The Kier molecular flexibility index (Phi) is 7.13. The van der Waals surface area contributed by atoms with E-state index in [4.69, 9.17) is 19.3 Å². The van der Waals surface area contributed by atoms with Gasteiger partial charge in [0.25, 0.3) is 5.91 Å². The molecule has 0 aromatic heterocycles. The first-order valence-corrected chi connectivity index (χ1v) is 12.4. The van der Waals surface area contributed by atoms with E-state index in [9.17, 15) is 13.6 Å². The first-order valence-electron chi connectivity index (χ1n) is 12.4. The van der Waals surface area contributed by atoms with E-state index in [0.717, 1.165) is 41.7 Å². The minimum Gasteiger partial charge on any atom is -0.493 e. The SMILES string of the molecule is COc1cc(C(=O)N2N=C3/C(=C\c4ccc(F)cc4)CCCC3C2c2ccc(F)cc2)cc(OC)c1OC. The molecule has 1 aliphatic heterocycles. The monoisotopic (exact) mass is 518 g/mol. The average Bonchev–Trinajstić information content (AvgIpc) is 3.34. The van der Waals surface area contributed by atoms with Crippen molar-refractivity contribution in [2.45, 2.75) is 25.3 Å². The van der Waals surface area contributed by atoms with Crippen LogP contribution in [0.3, 0.4) is 0 Å². The highest BCUT2D eigenvalue weighted by Gasteiger charge is 2.44. The van der Waals surface area contributed by atoms with Crippen molar-refractivity contribution in [3.05, 3.63) is 94.6 Å². The van der Waals surface area contributed by atoms with Crippen LogP contribution in [0.1, 0.15) is 46.8 Å². The van der Waals surface area contributed by atoms with E-state index in [1.54, 1.807) is 36.4 Å². The lowest BCUT2D eigenvalue weighted by Crippen LogP contribution is -2.32. The third kappa shape index (κ3) is 4.74. The number of hydrogen-bond donors (Lipinski definition) is 0. The first kappa shape index (κ1) is 25.4. The molecule has 2 atom stereocenters. The van der Waals surface area contributed by atoms with Gasteiger partial charge in [-0.2, -0.15) is 5.10 Å². The number of allylic oxidation sites excluding steroid dienone is 1. The molecule has 196 valence electrons. The standard InChI is InChI=1S/C30H28F2N2O4/c1-36-25-16-21(17-26(37-2)29(25)38-3)30(35)34-28(19-9-13-23(32)14-10-19)24-6-4-5-20(27(24)33-34)15-18-7-11-22(31)12-8-18/h7-17,24,28H,4-6H2,1-3H3/b20-15-. The Morgan fingerprint density at radius 1 is 0.921 bits per heavy atom. The predicted molar refractivity (Wildman–Crippen MR) is 141 cm³/mol. The maximum Gasteiger partial charge on any atom is 0.274 e. The fraction of sp³-hybridized carbons (Fsp3) is 0.267. The number of carbonyl (C=O) groups excluding carboxylic acids is 1. The number of fused-ring (bicyclic) bond motifs is 1. The molecule has 1 heterocycles. The summed E-state index contributed by atoms with van der Waals surface area (Å²) in [5.74, 6) is 0.0201. The molecule has 3 aromatic carbocycles. The smallest absolute Gasteiger partial charge is 0.274 e. The summed E-state index contributed by atoms with van der Waals surface area (Å²) in [4.78, 5) is 14.0. The molecular formula is C30H28F2N2O4. The van der Waals surface area contributed by atoms with Crippen molar-refractivity contribution in [1.29, 1.82) is 0 Å². The summed E-state index contributed by atoms with van der Waals surface area (Å²) in [7, 11) is 4.48. The fourth-order valence-electron chi connectivity index (χ4n) is 5.26. The molecule has 0 saturated heterocycles. The Hall–Kier alpha value is -4.20. The minimum absolute atomic E-state index is 0.0769. The van der Waals surface area contributed by atoms with Gasteiger partial charge in [0.1, 0.15) is 11.6 Å². The van der Waals surface area contributed by atoms with E-state index >= 15 is 0 Å². The molecule has 0 spiro atoms. The molecule has 0 bridgehead atoms. The van der Waals surface area contributed by atoms with Crippen LogP contribution in [0.25, 0.3) is 6.08 Å². The van der Waals surface area contributed by atoms with Gasteiger partial charge in [-0.3, -0.25) is 4.79 Å². The van der Waals surface area contributed by atoms with E-state index < -0.39 is 6.04 Å². The van der Waals surface area contributed by atoms with Gasteiger partial charge in [0.2, 0.25) is 5.75 Å².